The summed E-state index contributed by atoms with van der Waals surface area (Å²) in [5, 5.41) is 15.0. The number of amides is 1. The zero-order valence-electron chi connectivity index (χ0n) is 15.9. The van der Waals surface area contributed by atoms with Gasteiger partial charge in [0.1, 0.15) is 0 Å². The largest absolute Gasteiger partial charge is 0.481 e. The van der Waals surface area contributed by atoms with E-state index in [1.165, 1.54) is 5.01 Å². The number of nitrogens with zero attached hydrogens (tertiary/aromatic N) is 4. The molecule has 1 atom stereocenters. The van der Waals surface area contributed by atoms with Crippen molar-refractivity contribution in [3.05, 3.63) is 71.5 Å². The fourth-order valence-electron chi connectivity index (χ4n) is 3.65. The molecule has 29 heavy (non-hydrogen) atoms. The van der Waals surface area contributed by atoms with E-state index in [1.807, 2.05) is 49.4 Å². The minimum atomic E-state index is -1.01. The summed E-state index contributed by atoms with van der Waals surface area (Å²) in [6.45, 7) is 2.01. The summed E-state index contributed by atoms with van der Waals surface area (Å²) < 4.78 is 0. The summed E-state index contributed by atoms with van der Waals surface area (Å²) >= 11 is 0. The lowest BCUT2D eigenvalue weighted by Crippen LogP contribution is -2.27. The van der Waals surface area contributed by atoms with E-state index in [2.05, 4.69) is 15.1 Å². The molecule has 1 aliphatic heterocycles. The quantitative estimate of drug-likeness (QED) is 0.722. The summed E-state index contributed by atoms with van der Waals surface area (Å²) in [6, 6.07) is 13.2. The molecule has 7 heteroatoms. The predicted octanol–water partition coefficient (Wildman–Crippen LogP) is 3.48. The van der Waals surface area contributed by atoms with Crippen LogP contribution in [0.25, 0.3) is 11.0 Å². The molecular weight excluding hydrogens is 368 g/mol. The third-order valence-corrected chi connectivity index (χ3v) is 5.06. The molecular formula is C22H20N4O3. The van der Waals surface area contributed by atoms with Gasteiger partial charge in [-0.05, 0) is 18.6 Å². The van der Waals surface area contributed by atoms with E-state index in [9.17, 15) is 9.59 Å². The Hall–Kier alpha value is -3.61. The van der Waals surface area contributed by atoms with E-state index >= 15 is 0 Å². The van der Waals surface area contributed by atoms with E-state index in [0.717, 1.165) is 33.4 Å². The van der Waals surface area contributed by atoms with E-state index < -0.39 is 5.97 Å². The van der Waals surface area contributed by atoms with Gasteiger partial charge in [-0.1, -0.05) is 36.4 Å². The topological polar surface area (TPSA) is 95.8 Å². The Bertz CT molecular complexity index is 1120. The number of hydrogen-bond donors (Lipinski definition) is 1. The lowest BCUT2D eigenvalue weighted by Gasteiger charge is -2.22. The molecule has 146 valence electrons. The monoisotopic (exact) mass is 388 g/mol. The Kier molecular flexibility index (Phi) is 5.03. The molecule has 7 nitrogen and oxygen atoms in total. The summed E-state index contributed by atoms with van der Waals surface area (Å²) in [5.74, 6) is -1.32. The number of carboxylic acids is 1. The van der Waals surface area contributed by atoms with Crippen LogP contribution in [0.1, 0.15) is 42.0 Å². The van der Waals surface area contributed by atoms with Crippen molar-refractivity contribution in [3.8, 4) is 0 Å². The number of carbonyl (C=O) groups excluding carboxylic acids is 1. The van der Waals surface area contributed by atoms with Crippen molar-refractivity contribution in [3.63, 3.8) is 0 Å². The molecule has 1 N–H and O–H groups in total. The molecule has 0 saturated heterocycles. The molecule has 1 aromatic heterocycles. The second kappa shape index (κ2) is 7.79. The highest BCUT2D eigenvalue weighted by Crippen LogP contribution is 2.36. The second-order valence-corrected chi connectivity index (χ2v) is 6.98. The molecule has 0 spiro atoms. The molecule has 0 bridgehead atoms. The van der Waals surface area contributed by atoms with Crippen LogP contribution in [-0.4, -0.2) is 37.7 Å². The standard InChI is InChI=1S/C22H20N4O3/c1-14-5-2-3-6-15(14)18-13-19(26(25-18)20(27)9-10-21(28)29)16-7-4-8-17-22(16)24-12-11-23-17/h2-8,11-12,19H,9-10,13H2,1H3,(H,28,29)/t19-/m0/s1. The van der Waals surface area contributed by atoms with Gasteiger partial charge in [-0.25, -0.2) is 5.01 Å². The Labute approximate surface area is 167 Å². The minimum absolute atomic E-state index is 0.104. The summed E-state index contributed by atoms with van der Waals surface area (Å²) in [7, 11) is 0. The maximum atomic E-state index is 12.9. The zero-order valence-corrected chi connectivity index (χ0v) is 15.9. The number of aliphatic carboxylic acids is 1. The van der Waals surface area contributed by atoms with Crippen LogP contribution >= 0.6 is 0 Å². The maximum absolute atomic E-state index is 12.9. The van der Waals surface area contributed by atoms with Crippen molar-refractivity contribution >= 4 is 28.6 Å². The number of hydrazone groups is 1. The molecule has 2 aromatic carbocycles. The molecule has 3 aromatic rings. The van der Waals surface area contributed by atoms with Gasteiger partial charge in [0.25, 0.3) is 0 Å². The predicted molar refractivity (Wildman–Crippen MR) is 108 cm³/mol. The Morgan fingerprint density at radius 2 is 1.86 bits per heavy atom. The molecule has 0 unspecified atom stereocenters. The smallest absolute Gasteiger partial charge is 0.303 e. The molecule has 2 heterocycles. The molecule has 0 radical (unpaired) electrons. The molecule has 0 aliphatic carbocycles. The summed E-state index contributed by atoms with van der Waals surface area (Å²) in [6.07, 6.45) is 3.45. The average Bonchev–Trinajstić information content (AvgIpc) is 3.17. The summed E-state index contributed by atoms with van der Waals surface area (Å²) in [5.41, 5.74) is 5.17. The highest BCUT2D eigenvalue weighted by atomic mass is 16.4. The average molecular weight is 388 g/mol. The van der Waals surface area contributed by atoms with Gasteiger partial charge in [-0.3, -0.25) is 19.6 Å². The van der Waals surface area contributed by atoms with E-state index in [4.69, 9.17) is 5.11 Å². The van der Waals surface area contributed by atoms with Crippen molar-refractivity contribution in [1.29, 1.82) is 0 Å². The number of benzene rings is 2. The third kappa shape index (κ3) is 3.71. The molecule has 1 amide bonds. The normalized spacial score (nSPS) is 16.1. The van der Waals surface area contributed by atoms with Crippen molar-refractivity contribution in [2.75, 3.05) is 0 Å². The third-order valence-electron chi connectivity index (χ3n) is 5.06. The van der Waals surface area contributed by atoms with Crippen molar-refractivity contribution in [1.82, 2.24) is 15.0 Å². The maximum Gasteiger partial charge on any atom is 0.303 e. The molecule has 4 rings (SSSR count). The van der Waals surface area contributed by atoms with Crippen LogP contribution in [0.15, 0.2) is 60.0 Å². The molecule has 0 fully saturated rings. The number of fused-ring (bicyclic) bond motifs is 1. The number of rotatable bonds is 5. The van der Waals surface area contributed by atoms with Crippen molar-refractivity contribution in [2.45, 2.75) is 32.2 Å². The van der Waals surface area contributed by atoms with Crippen LogP contribution in [0, 0.1) is 6.92 Å². The van der Waals surface area contributed by atoms with E-state index in [0.29, 0.717) is 6.42 Å². The van der Waals surface area contributed by atoms with Gasteiger partial charge in [0.2, 0.25) is 5.91 Å². The van der Waals surface area contributed by atoms with Crippen LogP contribution in [0.3, 0.4) is 0 Å². The van der Waals surface area contributed by atoms with Crippen molar-refractivity contribution < 1.29 is 14.7 Å². The number of aryl methyl sites for hydroxylation is 1. The van der Waals surface area contributed by atoms with Crippen LogP contribution < -0.4 is 0 Å². The van der Waals surface area contributed by atoms with Gasteiger partial charge in [0.15, 0.2) is 0 Å². The van der Waals surface area contributed by atoms with Gasteiger partial charge >= 0.3 is 5.97 Å². The number of hydrogen-bond acceptors (Lipinski definition) is 5. The first-order valence-electron chi connectivity index (χ1n) is 9.41. The summed E-state index contributed by atoms with van der Waals surface area (Å²) in [4.78, 5) is 32.6. The van der Waals surface area contributed by atoms with E-state index in [-0.39, 0.29) is 24.8 Å². The van der Waals surface area contributed by atoms with Gasteiger partial charge in [-0.15, -0.1) is 0 Å². The second-order valence-electron chi connectivity index (χ2n) is 6.98. The highest BCUT2D eigenvalue weighted by Gasteiger charge is 2.34. The number of carbonyl (C=O) groups is 2. The van der Waals surface area contributed by atoms with Gasteiger partial charge in [0, 0.05) is 36.4 Å². The Balaban J connectivity index is 1.76. The van der Waals surface area contributed by atoms with Gasteiger partial charge in [-0.2, -0.15) is 5.10 Å². The Morgan fingerprint density at radius 3 is 2.66 bits per heavy atom. The first-order valence-corrected chi connectivity index (χ1v) is 9.41. The van der Waals surface area contributed by atoms with Crippen molar-refractivity contribution in [2.24, 2.45) is 5.10 Å². The fraction of sp³-hybridized carbons (Fsp3) is 0.227. The highest BCUT2D eigenvalue weighted by molar-refractivity contribution is 6.04. The number of carboxylic acid groups (broad SMARTS) is 1. The molecule has 1 aliphatic rings. The lowest BCUT2D eigenvalue weighted by atomic mass is 9.95. The SMILES string of the molecule is Cc1ccccc1C1=NN(C(=O)CCC(=O)O)[C@H](c2cccc3nccnc23)C1. The fourth-order valence-corrected chi connectivity index (χ4v) is 3.65. The van der Waals surface area contributed by atoms with Crippen LogP contribution in [0.4, 0.5) is 0 Å². The van der Waals surface area contributed by atoms with Crippen LogP contribution in [0.2, 0.25) is 0 Å². The zero-order chi connectivity index (χ0) is 20.4. The Morgan fingerprint density at radius 1 is 1.07 bits per heavy atom. The van der Waals surface area contributed by atoms with Gasteiger partial charge < -0.3 is 5.11 Å². The number of aromatic nitrogens is 2. The number of para-hydroxylation sites is 1. The van der Waals surface area contributed by atoms with Crippen LogP contribution in [-0.2, 0) is 9.59 Å². The first kappa shape index (κ1) is 18.7. The molecule has 0 saturated carbocycles. The van der Waals surface area contributed by atoms with Gasteiger partial charge in [0.05, 0.1) is 29.2 Å². The first-order chi connectivity index (χ1) is 14.0. The lowest BCUT2D eigenvalue weighted by molar-refractivity contribution is -0.141. The van der Waals surface area contributed by atoms with E-state index in [1.54, 1.807) is 12.4 Å². The minimum Gasteiger partial charge on any atom is -0.481 e. The van der Waals surface area contributed by atoms with Crippen LogP contribution in [0.5, 0.6) is 0 Å².